The number of aliphatic hydroxyl groups is 1. The van der Waals surface area contributed by atoms with Crippen molar-refractivity contribution in [2.24, 2.45) is 5.92 Å². The molecule has 1 amide bonds. The minimum atomic E-state index is -1.49. The number of alkyl carbamates (subject to hydrolysis) is 1. The highest BCUT2D eigenvalue weighted by molar-refractivity contribution is 7.89. The van der Waals surface area contributed by atoms with Crippen molar-refractivity contribution < 1.29 is 28.7 Å². The minimum Gasteiger partial charge on any atom is -0.593 e. The number of fused-ring (bicyclic) bond motifs is 1. The van der Waals surface area contributed by atoms with Gasteiger partial charge in [0.2, 0.25) is 0 Å². The molecule has 0 aromatic heterocycles. The van der Waals surface area contributed by atoms with Crippen molar-refractivity contribution in [2.75, 3.05) is 40.4 Å². The van der Waals surface area contributed by atoms with Crippen LogP contribution in [-0.4, -0.2) is 95.8 Å². The lowest BCUT2D eigenvalue weighted by Gasteiger charge is -2.43. The zero-order chi connectivity index (χ0) is 27.4. The van der Waals surface area contributed by atoms with E-state index in [1.165, 1.54) is 0 Å². The molecule has 2 aromatic rings. The Kier molecular flexibility index (Phi) is 9.32. The normalized spacial score (nSPS) is 25.5. The summed E-state index contributed by atoms with van der Waals surface area (Å²) in [5.41, 5.74) is 0.983. The van der Waals surface area contributed by atoms with Crippen LogP contribution in [0.15, 0.2) is 59.5 Å². The quantitative estimate of drug-likeness (QED) is 0.406. The van der Waals surface area contributed by atoms with E-state index in [-0.39, 0.29) is 24.8 Å². The molecule has 2 saturated heterocycles. The molecule has 2 heterocycles. The second-order valence-corrected chi connectivity index (χ2v) is 12.3. The number of ether oxygens (including phenoxy) is 3. The molecular formula is C29H39N3O6S. The lowest BCUT2D eigenvalue weighted by atomic mass is 10.0. The summed E-state index contributed by atoms with van der Waals surface area (Å²) < 4.78 is 32.3. The summed E-state index contributed by atoms with van der Waals surface area (Å²) in [4.78, 5) is 15.8. The van der Waals surface area contributed by atoms with Crippen LogP contribution in [0.5, 0.6) is 5.75 Å². The molecule has 1 aliphatic carbocycles. The fourth-order valence-electron chi connectivity index (χ4n) is 5.84. The molecule has 1 saturated carbocycles. The van der Waals surface area contributed by atoms with Gasteiger partial charge in [0, 0.05) is 26.1 Å². The third kappa shape index (κ3) is 7.06. The summed E-state index contributed by atoms with van der Waals surface area (Å²) >= 11 is -1.49. The average molecular weight is 558 g/mol. The van der Waals surface area contributed by atoms with Crippen LogP contribution in [0.2, 0.25) is 0 Å². The van der Waals surface area contributed by atoms with Crippen LogP contribution in [0.1, 0.15) is 24.8 Å². The largest absolute Gasteiger partial charge is 0.593 e. The number of amides is 1. The number of hydrogen-bond acceptors (Lipinski definition) is 8. The number of nitrogens with zero attached hydrogens (tertiary/aromatic N) is 2. The Morgan fingerprint density at radius 3 is 2.62 bits per heavy atom. The Morgan fingerprint density at radius 1 is 1.21 bits per heavy atom. The minimum absolute atomic E-state index is 0.0230. The molecule has 2 N–H and O–H groups in total. The zero-order valence-corrected chi connectivity index (χ0v) is 23.4. The number of likely N-dealkylation sites (tertiary alicyclic amines) is 1. The van der Waals surface area contributed by atoms with Crippen LogP contribution < -0.4 is 10.1 Å². The first kappa shape index (κ1) is 28.2. The number of methoxy groups -OCH3 is 1. The maximum atomic E-state index is 13.7. The number of rotatable bonds is 11. The highest BCUT2D eigenvalue weighted by Crippen LogP contribution is 2.37. The van der Waals surface area contributed by atoms with Gasteiger partial charge in [-0.25, -0.2) is 4.79 Å². The van der Waals surface area contributed by atoms with Gasteiger partial charge in [-0.05, 0) is 62.1 Å². The average Bonchev–Trinajstić information content (AvgIpc) is 3.52. The Hall–Kier alpha value is -2.34. The van der Waals surface area contributed by atoms with E-state index in [2.05, 4.69) is 10.2 Å². The van der Waals surface area contributed by atoms with E-state index in [1.54, 1.807) is 31.4 Å². The molecule has 0 bridgehead atoms. The second kappa shape index (κ2) is 12.9. The van der Waals surface area contributed by atoms with E-state index in [0.29, 0.717) is 29.4 Å². The van der Waals surface area contributed by atoms with Crippen LogP contribution in [0.25, 0.3) is 0 Å². The monoisotopic (exact) mass is 557 g/mol. The number of carbonyl (C=O) groups excluding carboxylic acids is 1. The SMILES string of the molecule is COc1ccc([S+]([O-])N(C[C@@H](O)[C@H](Cc2ccccc2)NC(=O)O[C@H]2C[C@H]3CCO[C@H]3C2)C2CN(C)C2)cc1. The molecule has 0 radical (unpaired) electrons. The molecule has 6 atom stereocenters. The van der Waals surface area contributed by atoms with Crippen molar-refractivity contribution in [3.05, 3.63) is 60.2 Å². The molecule has 212 valence electrons. The van der Waals surface area contributed by atoms with Crippen molar-refractivity contribution in [2.45, 2.75) is 61.0 Å². The summed E-state index contributed by atoms with van der Waals surface area (Å²) in [7, 11) is 3.61. The number of likely N-dealkylation sites (N-methyl/N-ethyl adjacent to an activating group) is 1. The molecule has 0 spiro atoms. The predicted molar refractivity (Wildman–Crippen MR) is 148 cm³/mol. The fourth-order valence-corrected chi connectivity index (χ4v) is 7.17. The molecule has 3 fully saturated rings. The molecule has 5 rings (SSSR count). The van der Waals surface area contributed by atoms with Crippen molar-refractivity contribution in [1.29, 1.82) is 0 Å². The summed E-state index contributed by atoms with van der Waals surface area (Å²) in [5.74, 6) is 1.14. The fraction of sp³-hybridized carbons (Fsp3) is 0.552. The molecule has 10 heteroatoms. The van der Waals surface area contributed by atoms with E-state index < -0.39 is 29.6 Å². The maximum Gasteiger partial charge on any atom is 0.407 e. The standard InChI is InChI=1S/C29H39N3O6S/c1-31-17-22(18-31)32(39(35)25-10-8-23(36-2)9-11-25)19-27(33)26(14-20-6-4-3-5-7-20)30-29(34)38-24-15-21-12-13-37-28(21)16-24/h3-11,21-22,24,26-28,33H,12-19H2,1-2H3,(H,30,34)/t21-,24+,26+,27-,28+,39?/m1/s1. The van der Waals surface area contributed by atoms with E-state index in [0.717, 1.165) is 38.1 Å². The van der Waals surface area contributed by atoms with Gasteiger partial charge in [-0.15, -0.1) is 4.31 Å². The molecular weight excluding hydrogens is 518 g/mol. The summed E-state index contributed by atoms with van der Waals surface area (Å²) in [6.07, 6.45) is 1.45. The number of carbonyl (C=O) groups is 1. The van der Waals surface area contributed by atoms with Gasteiger partial charge in [-0.2, -0.15) is 0 Å². The van der Waals surface area contributed by atoms with Gasteiger partial charge < -0.3 is 34.1 Å². The van der Waals surface area contributed by atoms with Gasteiger partial charge >= 0.3 is 6.09 Å². The lowest BCUT2D eigenvalue weighted by molar-refractivity contribution is 0.0423. The Morgan fingerprint density at radius 2 is 1.95 bits per heavy atom. The maximum absolute atomic E-state index is 13.7. The molecule has 2 aliphatic heterocycles. The smallest absolute Gasteiger partial charge is 0.407 e. The highest BCUT2D eigenvalue weighted by Gasteiger charge is 2.42. The molecule has 3 aliphatic rings. The Labute approximate surface area is 233 Å². The third-order valence-corrected chi connectivity index (χ3v) is 9.59. The van der Waals surface area contributed by atoms with Crippen molar-refractivity contribution in [3.63, 3.8) is 0 Å². The number of aliphatic hydroxyl groups excluding tert-OH is 1. The van der Waals surface area contributed by atoms with Crippen LogP contribution >= 0.6 is 0 Å². The molecule has 9 nitrogen and oxygen atoms in total. The van der Waals surface area contributed by atoms with E-state index >= 15 is 0 Å². The van der Waals surface area contributed by atoms with Crippen molar-refractivity contribution >= 4 is 17.5 Å². The summed E-state index contributed by atoms with van der Waals surface area (Å²) in [6.45, 7) is 2.42. The number of nitrogens with one attached hydrogen (secondary N) is 1. The van der Waals surface area contributed by atoms with Gasteiger partial charge in [-0.1, -0.05) is 30.3 Å². The van der Waals surface area contributed by atoms with E-state index in [1.807, 2.05) is 41.7 Å². The number of hydrogen-bond donors (Lipinski definition) is 2. The van der Waals surface area contributed by atoms with Crippen LogP contribution in [0.3, 0.4) is 0 Å². The van der Waals surface area contributed by atoms with Crippen molar-refractivity contribution in [3.8, 4) is 5.75 Å². The first-order chi connectivity index (χ1) is 18.9. The van der Waals surface area contributed by atoms with Gasteiger partial charge in [0.1, 0.15) is 11.9 Å². The second-order valence-electron chi connectivity index (χ2n) is 10.9. The van der Waals surface area contributed by atoms with Gasteiger partial charge in [0.05, 0.1) is 49.3 Å². The summed E-state index contributed by atoms with van der Waals surface area (Å²) in [5, 5.41) is 14.4. The van der Waals surface area contributed by atoms with Crippen molar-refractivity contribution in [1.82, 2.24) is 14.5 Å². The zero-order valence-electron chi connectivity index (χ0n) is 22.6. The van der Waals surface area contributed by atoms with E-state index in [9.17, 15) is 14.5 Å². The third-order valence-electron chi connectivity index (χ3n) is 8.04. The topological polar surface area (TPSA) is 107 Å². The van der Waals surface area contributed by atoms with Gasteiger partial charge in [0.25, 0.3) is 0 Å². The van der Waals surface area contributed by atoms with Gasteiger partial charge in [0.15, 0.2) is 4.90 Å². The van der Waals surface area contributed by atoms with Gasteiger partial charge in [-0.3, -0.25) is 0 Å². The Balaban J connectivity index is 1.28. The first-order valence-corrected chi connectivity index (χ1v) is 14.8. The molecule has 39 heavy (non-hydrogen) atoms. The van der Waals surface area contributed by atoms with E-state index in [4.69, 9.17) is 14.2 Å². The van der Waals surface area contributed by atoms with Crippen LogP contribution in [0, 0.1) is 5.92 Å². The molecule has 1 unspecified atom stereocenters. The predicted octanol–water partition coefficient (Wildman–Crippen LogP) is 2.60. The van der Waals surface area contributed by atoms with Crippen LogP contribution in [-0.2, 0) is 27.3 Å². The number of benzene rings is 2. The van der Waals surface area contributed by atoms with Crippen LogP contribution in [0.4, 0.5) is 4.79 Å². The highest BCUT2D eigenvalue weighted by atomic mass is 32.2. The Bertz CT molecular complexity index is 1060. The first-order valence-electron chi connectivity index (χ1n) is 13.7. The molecule has 2 aromatic carbocycles. The summed E-state index contributed by atoms with van der Waals surface area (Å²) in [6, 6.07) is 16.3. The lowest BCUT2D eigenvalue weighted by Crippen LogP contribution is -2.62.